The second-order valence-electron chi connectivity index (χ2n) is 4.99. The molecular weight excluding hydrogens is 375 g/mol. The average Bonchev–Trinajstić information content (AvgIpc) is 2.96. The third-order valence-corrected chi connectivity index (χ3v) is 5.17. The molecule has 2 heterocycles. The first kappa shape index (κ1) is 17.1. The van der Waals surface area contributed by atoms with Crippen LogP contribution >= 0.6 is 23.2 Å². The molecule has 24 heavy (non-hydrogen) atoms. The molecule has 0 spiro atoms. The van der Waals surface area contributed by atoms with Crippen molar-refractivity contribution in [1.82, 2.24) is 19.9 Å². The van der Waals surface area contributed by atoms with Gasteiger partial charge in [0.1, 0.15) is 0 Å². The maximum Gasteiger partial charge on any atom is 0.261 e. The van der Waals surface area contributed by atoms with E-state index in [-0.39, 0.29) is 5.03 Å². The predicted molar refractivity (Wildman–Crippen MR) is 90.5 cm³/mol. The summed E-state index contributed by atoms with van der Waals surface area (Å²) in [6.45, 7) is -0.476. The SMILES string of the molecule is O=S(=O)(NC(CO)c1cc(Cl)cc(Cl)c1)c1n[nH]c2ncccc12. The van der Waals surface area contributed by atoms with Crippen molar-refractivity contribution in [3.05, 3.63) is 52.1 Å². The topological polar surface area (TPSA) is 108 Å². The number of aromatic amines is 1. The number of pyridine rings is 1. The summed E-state index contributed by atoms with van der Waals surface area (Å²) in [6, 6.07) is 6.85. The number of nitrogens with zero attached hydrogens (tertiary/aromatic N) is 2. The van der Waals surface area contributed by atoms with Gasteiger partial charge in [-0.25, -0.2) is 13.4 Å². The van der Waals surface area contributed by atoms with E-state index in [2.05, 4.69) is 19.9 Å². The van der Waals surface area contributed by atoms with Crippen LogP contribution in [0.1, 0.15) is 11.6 Å². The van der Waals surface area contributed by atoms with Gasteiger partial charge in [0.25, 0.3) is 10.0 Å². The van der Waals surface area contributed by atoms with E-state index in [1.54, 1.807) is 12.1 Å². The van der Waals surface area contributed by atoms with E-state index in [0.29, 0.717) is 26.6 Å². The molecule has 7 nitrogen and oxygen atoms in total. The molecule has 3 aromatic rings. The zero-order valence-corrected chi connectivity index (χ0v) is 14.4. The molecular formula is C14H12Cl2N4O3S. The number of sulfonamides is 1. The van der Waals surface area contributed by atoms with Crippen LogP contribution < -0.4 is 4.72 Å². The minimum Gasteiger partial charge on any atom is -0.394 e. The van der Waals surface area contributed by atoms with Crippen molar-refractivity contribution in [2.24, 2.45) is 0 Å². The van der Waals surface area contributed by atoms with Crippen LogP contribution in [0.2, 0.25) is 10.0 Å². The molecule has 1 aromatic carbocycles. The Labute approximate surface area is 147 Å². The van der Waals surface area contributed by atoms with E-state index in [1.807, 2.05) is 0 Å². The minimum atomic E-state index is -4.01. The van der Waals surface area contributed by atoms with Crippen LogP contribution in [0.15, 0.2) is 41.6 Å². The maximum absolute atomic E-state index is 12.6. The molecule has 0 radical (unpaired) electrons. The number of aliphatic hydroxyl groups is 1. The summed E-state index contributed by atoms with van der Waals surface area (Å²) in [6.07, 6.45) is 1.52. The maximum atomic E-state index is 12.6. The average molecular weight is 387 g/mol. The Hall–Kier alpha value is -1.71. The number of fused-ring (bicyclic) bond motifs is 1. The molecule has 0 amide bonds. The summed E-state index contributed by atoms with van der Waals surface area (Å²) in [5.41, 5.74) is 0.792. The molecule has 0 aliphatic carbocycles. The fraction of sp³-hybridized carbons (Fsp3) is 0.143. The van der Waals surface area contributed by atoms with Crippen LogP contribution in [0.4, 0.5) is 0 Å². The van der Waals surface area contributed by atoms with Gasteiger partial charge < -0.3 is 5.11 Å². The first-order valence-corrected chi connectivity index (χ1v) is 9.03. The lowest BCUT2D eigenvalue weighted by molar-refractivity contribution is 0.259. The van der Waals surface area contributed by atoms with E-state index in [9.17, 15) is 13.5 Å². The normalized spacial score (nSPS) is 13.3. The fourth-order valence-electron chi connectivity index (χ4n) is 2.27. The van der Waals surface area contributed by atoms with Crippen LogP contribution in [0.3, 0.4) is 0 Å². The third kappa shape index (κ3) is 3.38. The van der Waals surface area contributed by atoms with E-state index >= 15 is 0 Å². The van der Waals surface area contributed by atoms with Gasteiger partial charge in [0.2, 0.25) is 5.03 Å². The van der Waals surface area contributed by atoms with Gasteiger partial charge in [-0.2, -0.15) is 9.82 Å². The van der Waals surface area contributed by atoms with Gasteiger partial charge >= 0.3 is 0 Å². The second kappa shape index (κ2) is 6.66. The first-order chi connectivity index (χ1) is 11.4. The lowest BCUT2D eigenvalue weighted by atomic mass is 10.1. The molecule has 1 unspecified atom stereocenters. The highest BCUT2D eigenvalue weighted by Crippen LogP contribution is 2.25. The Kier molecular flexibility index (Phi) is 4.75. The zero-order chi connectivity index (χ0) is 17.3. The number of aromatic nitrogens is 3. The molecule has 0 saturated heterocycles. The summed E-state index contributed by atoms with van der Waals surface area (Å²) in [5, 5.41) is 16.8. The van der Waals surface area contributed by atoms with Gasteiger partial charge in [-0.15, -0.1) is 0 Å². The highest BCUT2D eigenvalue weighted by molar-refractivity contribution is 7.89. The molecule has 0 aliphatic rings. The number of hydrogen-bond donors (Lipinski definition) is 3. The molecule has 3 N–H and O–H groups in total. The van der Waals surface area contributed by atoms with Gasteiger partial charge in [-0.1, -0.05) is 23.2 Å². The molecule has 2 aromatic heterocycles. The van der Waals surface area contributed by atoms with Crippen LogP contribution in [0.25, 0.3) is 11.0 Å². The number of halogens is 2. The van der Waals surface area contributed by atoms with Gasteiger partial charge in [-0.3, -0.25) is 5.10 Å². The second-order valence-corrected chi connectivity index (χ2v) is 7.49. The minimum absolute atomic E-state index is 0.197. The summed E-state index contributed by atoms with van der Waals surface area (Å²) in [5.74, 6) is 0. The van der Waals surface area contributed by atoms with Crippen molar-refractivity contribution in [2.75, 3.05) is 6.61 Å². The molecule has 10 heteroatoms. The van der Waals surface area contributed by atoms with E-state index in [4.69, 9.17) is 23.2 Å². The zero-order valence-electron chi connectivity index (χ0n) is 12.1. The number of H-pyrrole nitrogens is 1. The van der Waals surface area contributed by atoms with Crippen molar-refractivity contribution in [3.63, 3.8) is 0 Å². The lowest BCUT2D eigenvalue weighted by Crippen LogP contribution is -2.31. The third-order valence-electron chi connectivity index (χ3n) is 3.32. The predicted octanol–water partition coefficient (Wildman–Crippen LogP) is 2.28. The first-order valence-electron chi connectivity index (χ1n) is 6.79. The summed E-state index contributed by atoms with van der Waals surface area (Å²) in [7, 11) is -4.01. The molecule has 0 saturated carbocycles. The Morgan fingerprint density at radius 3 is 2.62 bits per heavy atom. The molecule has 0 bridgehead atoms. The molecule has 126 valence electrons. The fourth-order valence-corrected chi connectivity index (χ4v) is 4.13. The van der Waals surface area contributed by atoms with E-state index in [0.717, 1.165) is 0 Å². The van der Waals surface area contributed by atoms with Gasteiger partial charge in [0, 0.05) is 16.2 Å². The van der Waals surface area contributed by atoms with E-state index in [1.165, 1.54) is 24.4 Å². The van der Waals surface area contributed by atoms with Crippen molar-refractivity contribution in [3.8, 4) is 0 Å². The lowest BCUT2D eigenvalue weighted by Gasteiger charge is -2.16. The van der Waals surface area contributed by atoms with Crippen molar-refractivity contribution in [1.29, 1.82) is 0 Å². The molecule has 0 fully saturated rings. The molecule has 1 atom stereocenters. The smallest absolute Gasteiger partial charge is 0.261 e. The van der Waals surface area contributed by atoms with Crippen molar-refractivity contribution >= 4 is 44.3 Å². The highest BCUT2D eigenvalue weighted by atomic mass is 35.5. The van der Waals surface area contributed by atoms with Crippen molar-refractivity contribution in [2.45, 2.75) is 11.1 Å². The number of rotatable bonds is 5. The number of hydrogen-bond acceptors (Lipinski definition) is 5. The quantitative estimate of drug-likeness (QED) is 0.623. The number of benzene rings is 1. The standard InChI is InChI=1S/C14H12Cl2N4O3S/c15-9-4-8(5-10(16)6-9)12(7-21)20-24(22,23)14-11-2-1-3-17-13(11)18-19-14/h1-6,12,20-21H,7H2,(H,17,18,19). The highest BCUT2D eigenvalue weighted by Gasteiger charge is 2.26. The van der Waals surface area contributed by atoms with Gasteiger partial charge in [0.15, 0.2) is 5.65 Å². The monoisotopic (exact) mass is 386 g/mol. The molecule has 3 rings (SSSR count). The van der Waals surface area contributed by atoms with Crippen LogP contribution in [-0.4, -0.2) is 35.3 Å². The molecule has 0 aliphatic heterocycles. The van der Waals surface area contributed by atoms with Crippen LogP contribution in [0, 0.1) is 0 Å². The summed E-state index contributed by atoms with van der Waals surface area (Å²) >= 11 is 11.9. The largest absolute Gasteiger partial charge is 0.394 e. The van der Waals surface area contributed by atoms with Gasteiger partial charge in [0.05, 0.1) is 18.0 Å². The van der Waals surface area contributed by atoms with Crippen LogP contribution in [-0.2, 0) is 10.0 Å². The number of aliphatic hydroxyl groups excluding tert-OH is 1. The van der Waals surface area contributed by atoms with E-state index < -0.39 is 22.7 Å². The van der Waals surface area contributed by atoms with Gasteiger partial charge in [-0.05, 0) is 35.9 Å². The van der Waals surface area contributed by atoms with Crippen LogP contribution in [0.5, 0.6) is 0 Å². The Balaban J connectivity index is 1.98. The summed E-state index contributed by atoms with van der Waals surface area (Å²) in [4.78, 5) is 4.00. The summed E-state index contributed by atoms with van der Waals surface area (Å²) < 4.78 is 27.6. The Bertz CT molecular complexity index is 970. The number of nitrogens with one attached hydrogen (secondary N) is 2. The Morgan fingerprint density at radius 1 is 1.25 bits per heavy atom. The Morgan fingerprint density at radius 2 is 1.96 bits per heavy atom. The van der Waals surface area contributed by atoms with Crippen molar-refractivity contribution < 1.29 is 13.5 Å².